The van der Waals surface area contributed by atoms with E-state index >= 15 is 0 Å². The van der Waals surface area contributed by atoms with Crippen LogP contribution < -0.4 is 16.0 Å². The van der Waals surface area contributed by atoms with Crippen molar-refractivity contribution in [3.8, 4) is 0 Å². The molecule has 0 saturated carbocycles. The van der Waals surface area contributed by atoms with Crippen LogP contribution in [0.2, 0.25) is 5.02 Å². The zero-order valence-electron chi connectivity index (χ0n) is 17.2. The third-order valence-corrected chi connectivity index (χ3v) is 4.23. The number of ether oxygens (including phenoxy) is 1. The average Bonchev–Trinajstić information content (AvgIpc) is 2.66. The Hall–Kier alpha value is -3.06. The molecule has 0 fully saturated rings. The summed E-state index contributed by atoms with van der Waals surface area (Å²) in [5.74, 6) is -0.296. The smallest absolute Gasteiger partial charge is 0.411 e. The highest BCUT2D eigenvalue weighted by molar-refractivity contribution is 6.30. The predicted molar refractivity (Wildman–Crippen MR) is 118 cm³/mol. The van der Waals surface area contributed by atoms with Crippen LogP contribution in [0.15, 0.2) is 48.5 Å². The van der Waals surface area contributed by atoms with Gasteiger partial charge in [0.25, 0.3) is 0 Å². The number of hydrogen-bond acceptors (Lipinski definition) is 4. The van der Waals surface area contributed by atoms with E-state index in [0.717, 1.165) is 5.56 Å². The molecule has 8 heteroatoms. The van der Waals surface area contributed by atoms with Gasteiger partial charge in [0.2, 0.25) is 11.8 Å². The molecule has 0 aliphatic carbocycles. The highest BCUT2D eigenvalue weighted by atomic mass is 35.5. The summed E-state index contributed by atoms with van der Waals surface area (Å²) in [5.41, 5.74) is 1.78. The van der Waals surface area contributed by atoms with Gasteiger partial charge in [-0.1, -0.05) is 43.6 Å². The summed E-state index contributed by atoms with van der Waals surface area (Å²) < 4.78 is 5.09. The van der Waals surface area contributed by atoms with Crippen molar-refractivity contribution < 1.29 is 19.1 Å². The standard InChI is InChI=1S/C22H26ClN3O4/c1-14(2)13-30-22(29)26-19-6-4-5-18(11-19)25-21(28)12-20(24-15(3)27)16-7-9-17(23)10-8-16/h4-11,14,20H,12-13H2,1-3H3,(H,24,27)(H,25,28)(H,26,29). The number of rotatable bonds is 8. The predicted octanol–water partition coefficient (Wildman–Crippen LogP) is 4.75. The van der Waals surface area contributed by atoms with E-state index in [4.69, 9.17) is 16.3 Å². The second-order valence-electron chi connectivity index (χ2n) is 7.26. The first-order valence-electron chi connectivity index (χ1n) is 9.59. The Balaban J connectivity index is 2.00. The van der Waals surface area contributed by atoms with Gasteiger partial charge in [0, 0.05) is 23.3 Å². The maximum absolute atomic E-state index is 12.6. The van der Waals surface area contributed by atoms with E-state index in [2.05, 4.69) is 16.0 Å². The molecular weight excluding hydrogens is 406 g/mol. The van der Waals surface area contributed by atoms with Crippen LogP contribution in [-0.4, -0.2) is 24.5 Å². The molecule has 2 aromatic rings. The first-order chi connectivity index (χ1) is 14.2. The number of carbonyl (C=O) groups excluding carboxylic acids is 3. The Morgan fingerprint density at radius 3 is 2.23 bits per heavy atom. The van der Waals surface area contributed by atoms with Crippen LogP contribution in [0, 0.1) is 5.92 Å². The van der Waals surface area contributed by atoms with Gasteiger partial charge in [0.1, 0.15) is 0 Å². The molecule has 2 aromatic carbocycles. The first kappa shape index (κ1) is 23.2. The lowest BCUT2D eigenvalue weighted by molar-refractivity contribution is -0.120. The summed E-state index contributed by atoms with van der Waals surface area (Å²) in [4.78, 5) is 35.9. The van der Waals surface area contributed by atoms with Gasteiger partial charge in [-0.25, -0.2) is 4.79 Å². The van der Waals surface area contributed by atoms with Gasteiger partial charge < -0.3 is 15.4 Å². The van der Waals surface area contributed by atoms with Crippen LogP contribution in [0.4, 0.5) is 16.2 Å². The molecule has 1 unspecified atom stereocenters. The Morgan fingerprint density at radius 1 is 1.00 bits per heavy atom. The molecule has 2 rings (SSSR count). The number of amides is 3. The van der Waals surface area contributed by atoms with Crippen LogP contribution >= 0.6 is 11.6 Å². The maximum atomic E-state index is 12.6. The van der Waals surface area contributed by atoms with Crippen LogP contribution in [0.1, 0.15) is 38.8 Å². The lowest BCUT2D eigenvalue weighted by atomic mass is 10.0. The fraction of sp³-hybridized carbons (Fsp3) is 0.318. The molecule has 0 radical (unpaired) electrons. The number of nitrogens with one attached hydrogen (secondary N) is 3. The summed E-state index contributed by atoms with van der Waals surface area (Å²) >= 11 is 5.92. The molecule has 1 atom stereocenters. The fourth-order valence-electron chi connectivity index (χ4n) is 2.66. The van der Waals surface area contributed by atoms with E-state index < -0.39 is 12.1 Å². The summed E-state index contributed by atoms with van der Waals surface area (Å²) in [6, 6.07) is 13.2. The van der Waals surface area contributed by atoms with Crippen molar-refractivity contribution >= 4 is 40.9 Å². The quantitative estimate of drug-likeness (QED) is 0.561. The Bertz CT molecular complexity index is 884. The molecule has 0 heterocycles. The van der Waals surface area contributed by atoms with Crippen LogP contribution in [0.25, 0.3) is 0 Å². The molecule has 0 aromatic heterocycles. The zero-order valence-corrected chi connectivity index (χ0v) is 18.0. The topological polar surface area (TPSA) is 96.5 Å². The Kier molecular flexibility index (Phi) is 8.68. The summed E-state index contributed by atoms with van der Waals surface area (Å²) in [6.45, 7) is 5.61. The molecule has 160 valence electrons. The first-order valence-corrected chi connectivity index (χ1v) is 9.97. The number of hydrogen-bond donors (Lipinski definition) is 3. The van der Waals surface area contributed by atoms with E-state index in [-0.39, 0.29) is 24.2 Å². The van der Waals surface area contributed by atoms with Gasteiger partial charge in [0.05, 0.1) is 19.1 Å². The minimum atomic E-state index is -0.555. The highest BCUT2D eigenvalue weighted by Gasteiger charge is 2.17. The molecule has 30 heavy (non-hydrogen) atoms. The van der Waals surface area contributed by atoms with Crippen LogP contribution in [0.5, 0.6) is 0 Å². The SMILES string of the molecule is CC(=O)NC(CC(=O)Nc1cccc(NC(=O)OCC(C)C)c1)c1ccc(Cl)cc1. The summed E-state index contributed by atoms with van der Waals surface area (Å²) in [7, 11) is 0. The van der Waals surface area contributed by atoms with Crippen molar-refractivity contribution in [2.75, 3.05) is 17.2 Å². The molecule has 0 spiro atoms. The van der Waals surface area contributed by atoms with Gasteiger partial charge in [0.15, 0.2) is 0 Å². The minimum absolute atomic E-state index is 0.0370. The zero-order chi connectivity index (χ0) is 22.1. The van der Waals surface area contributed by atoms with E-state index in [1.165, 1.54) is 6.92 Å². The third kappa shape index (κ3) is 8.13. The molecule has 0 saturated heterocycles. The van der Waals surface area contributed by atoms with Gasteiger partial charge in [-0.05, 0) is 41.8 Å². The monoisotopic (exact) mass is 431 g/mol. The van der Waals surface area contributed by atoms with Crippen molar-refractivity contribution in [1.82, 2.24) is 5.32 Å². The lowest BCUT2D eigenvalue weighted by Crippen LogP contribution is -2.29. The summed E-state index contributed by atoms with van der Waals surface area (Å²) in [5, 5.41) is 8.76. The number of carbonyl (C=O) groups is 3. The van der Waals surface area contributed by atoms with Crippen molar-refractivity contribution in [3.05, 3.63) is 59.1 Å². The molecule has 3 N–H and O–H groups in total. The van der Waals surface area contributed by atoms with Gasteiger partial charge in [-0.15, -0.1) is 0 Å². The fourth-order valence-corrected chi connectivity index (χ4v) is 2.79. The highest BCUT2D eigenvalue weighted by Crippen LogP contribution is 2.21. The van der Waals surface area contributed by atoms with Crippen LogP contribution in [0.3, 0.4) is 0 Å². The number of anilines is 2. The molecule has 3 amide bonds. The normalized spacial score (nSPS) is 11.5. The molecule has 7 nitrogen and oxygen atoms in total. The van der Waals surface area contributed by atoms with E-state index in [0.29, 0.717) is 23.0 Å². The molecule has 0 aliphatic rings. The minimum Gasteiger partial charge on any atom is -0.449 e. The second-order valence-corrected chi connectivity index (χ2v) is 7.69. The van der Waals surface area contributed by atoms with E-state index in [9.17, 15) is 14.4 Å². The van der Waals surface area contributed by atoms with Crippen molar-refractivity contribution in [2.24, 2.45) is 5.92 Å². The van der Waals surface area contributed by atoms with E-state index in [1.54, 1.807) is 48.5 Å². The second kappa shape index (κ2) is 11.2. The van der Waals surface area contributed by atoms with E-state index in [1.807, 2.05) is 13.8 Å². The summed E-state index contributed by atoms with van der Waals surface area (Å²) in [6.07, 6.45) is -0.518. The Morgan fingerprint density at radius 2 is 1.63 bits per heavy atom. The maximum Gasteiger partial charge on any atom is 0.411 e. The largest absolute Gasteiger partial charge is 0.449 e. The average molecular weight is 432 g/mol. The molecular formula is C22H26ClN3O4. The van der Waals surface area contributed by atoms with Gasteiger partial charge in [-0.3, -0.25) is 14.9 Å². The third-order valence-electron chi connectivity index (χ3n) is 3.98. The molecule has 0 bridgehead atoms. The van der Waals surface area contributed by atoms with Crippen molar-refractivity contribution in [1.29, 1.82) is 0 Å². The number of halogens is 1. The number of benzene rings is 2. The van der Waals surface area contributed by atoms with Crippen LogP contribution in [-0.2, 0) is 14.3 Å². The Labute approximate surface area is 181 Å². The lowest BCUT2D eigenvalue weighted by Gasteiger charge is -2.18. The molecule has 0 aliphatic heterocycles. The van der Waals surface area contributed by atoms with Crippen molar-refractivity contribution in [2.45, 2.75) is 33.2 Å². The van der Waals surface area contributed by atoms with Crippen molar-refractivity contribution in [3.63, 3.8) is 0 Å². The van der Waals surface area contributed by atoms with Gasteiger partial charge >= 0.3 is 6.09 Å². The van der Waals surface area contributed by atoms with Gasteiger partial charge in [-0.2, -0.15) is 0 Å².